The maximum atomic E-state index is 12.5. The average molecular weight is 336 g/mol. The minimum Gasteiger partial charge on any atom is -0.493 e. The molecule has 0 amide bonds. The van der Waals surface area contributed by atoms with Crippen molar-refractivity contribution in [3.63, 3.8) is 0 Å². The zero-order valence-electron chi connectivity index (χ0n) is 11.1. The summed E-state index contributed by atoms with van der Waals surface area (Å²) in [6, 6.07) is 10.3. The van der Waals surface area contributed by atoms with Crippen LogP contribution in [0, 0.1) is 0 Å². The Morgan fingerprint density at radius 3 is 2.35 bits per heavy atom. The molecule has 104 valence electrons. The van der Waals surface area contributed by atoms with E-state index in [1.165, 1.54) is 14.2 Å². The second-order valence-electron chi connectivity index (χ2n) is 4.13. The number of methoxy groups -OCH3 is 2. The molecule has 2 rings (SSSR count). The zero-order chi connectivity index (χ0) is 14.7. The summed E-state index contributed by atoms with van der Waals surface area (Å²) in [5.41, 5.74) is 7.23. The minimum atomic E-state index is -0.162. The predicted molar refractivity (Wildman–Crippen MR) is 81.5 cm³/mol. The van der Waals surface area contributed by atoms with E-state index in [-0.39, 0.29) is 5.78 Å². The molecule has 0 bridgehead atoms. The molecule has 0 aliphatic carbocycles. The van der Waals surface area contributed by atoms with E-state index in [2.05, 4.69) is 15.9 Å². The van der Waals surface area contributed by atoms with Gasteiger partial charge < -0.3 is 15.2 Å². The van der Waals surface area contributed by atoms with Crippen LogP contribution in [0.3, 0.4) is 0 Å². The van der Waals surface area contributed by atoms with Gasteiger partial charge in [-0.25, -0.2) is 0 Å². The van der Waals surface area contributed by atoms with Crippen LogP contribution in [0.1, 0.15) is 15.9 Å². The molecule has 20 heavy (non-hydrogen) atoms. The van der Waals surface area contributed by atoms with E-state index in [4.69, 9.17) is 15.2 Å². The van der Waals surface area contributed by atoms with Crippen molar-refractivity contribution in [3.05, 3.63) is 52.0 Å². The van der Waals surface area contributed by atoms with Crippen LogP contribution in [0.2, 0.25) is 0 Å². The van der Waals surface area contributed by atoms with Crippen molar-refractivity contribution in [3.8, 4) is 11.5 Å². The maximum absolute atomic E-state index is 12.5. The number of carbonyl (C=O) groups is 1. The van der Waals surface area contributed by atoms with Gasteiger partial charge in [-0.15, -0.1) is 0 Å². The molecule has 2 N–H and O–H groups in total. The summed E-state index contributed by atoms with van der Waals surface area (Å²) in [4.78, 5) is 12.5. The Hall–Kier alpha value is -2.01. The SMILES string of the molecule is COc1cc(N)c(C(=O)c2cccc(Br)c2)cc1OC. The number of carbonyl (C=O) groups excluding carboxylic acids is 1. The van der Waals surface area contributed by atoms with E-state index in [9.17, 15) is 4.79 Å². The molecule has 0 fully saturated rings. The zero-order valence-corrected chi connectivity index (χ0v) is 12.7. The highest BCUT2D eigenvalue weighted by atomic mass is 79.9. The van der Waals surface area contributed by atoms with Gasteiger partial charge in [0.25, 0.3) is 0 Å². The third-order valence-electron chi connectivity index (χ3n) is 2.89. The summed E-state index contributed by atoms with van der Waals surface area (Å²) in [6.07, 6.45) is 0. The van der Waals surface area contributed by atoms with E-state index in [0.717, 1.165) is 4.47 Å². The molecule has 4 nitrogen and oxygen atoms in total. The molecule has 0 aliphatic rings. The number of hydrogen-bond donors (Lipinski definition) is 1. The summed E-state index contributed by atoms with van der Waals surface area (Å²) >= 11 is 3.34. The number of benzene rings is 2. The van der Waals surface area contributed by atoms with Crippen LogP contribution in [0.4, 0.5) is 5.69 Å². The van der Waals surface area contributed by atoms with Crippen molar-refractivity contribution in [1.82, 2.24) is 0 Å². The second kappa shape index (κ2) is 5.96. The number of rotatable bonds is 4. The monoisotopic (exact) mass is 335 g/mol. The lowest BCUT2D eigenvalue weighted by Crippen LogP contribution is -2.06. The van der Waals surface area contributed by atoms with E-state index >= 15 is 0 Å². The Kier molecular flexibility index (Phi) is 4.29. The largest absolute Gasteiger partial charge is 0.493 e. The normalized spacial score (nSPS) is 10.2. The summed E-state index contributed by atoms with van der Waals surface area (Å²) in [7, 11) is 3.04. The molecule has 0 atom stereocenters. The highest BCUT2D eigenvalue weighted by molar-refractivity contribution is 9.10. The number of ether oxygens (including phenoxy) is 2. The molecule has 0 heterocycles. The first-order valence-electron chi connectivity index (χ1n) is 5.88. The molecular formula is C15H14BrNO3. The Morgan fingerprint density at radius 2 is 1.75 bits per heavy atom. The third-order valence-corrected chi connectivity index (χ3v) is 3.38. The van der Waals surface area contributed by atoms with E-state index in [1.807, 2.05) is 6.07 Å². The van der Waals surface area contributed by atoms with Crippen LogP contribution in [-0.4, -0.2) is 20.0 Å². The van der Waals surface area contributed by atoms with Gasteiger partial charge in [-0.1, -0.05) is 28.1 Å². The Balaban J connectivity index is 2.49. The predicted octanol–water partition coefficient (Wildman–Crippen LogP) is 3.28. The summed E-state index contributed by atoms with van der Waals surface area (Å²) < 4.78 is 11.2. The average Bonchev–Trinajstić information content (AvgIpc) is 2.46. The summed E-state index contributed by atoms with van der Waals surface area (Å²) in [5, 5.41) is 0. The number of hydrogen-bond acceptors (Lipinski definition) is 4. The highest BCUT2D eigenvalue weighted by Gasteiger charge is 2.16. The summed E-state index contributed by atoms with van der Waals surface area (Å²) in [6.45, 7) is 0. The van der Waals surface area contributed by atoms with Gasteiger partial charge in [-0.05, 0) is 18.2 Å². The summed E-state index contributed by atoms with van der Waals surface area (Å²) in [5.74, 6) is 0.806. The standard InChI is InChI=1S/C15H14BrNO3/c1-19-13-7-11(12(17)8-14(13)20-2)15(18)9-4-3-5-10(16)6-9/h3-8H,17H2,1-2H3. The van der Waals surface area contributed by atoms with Gasteiger partial charge in [0.1, 0.15) is 0 Å². The van der Waals surface area contributed by atoms with Gasteiger partial charge in [-0.3, -0.25) is 4.79 Å². The van der Waals surface area contributed by atoms with E-state index in [0.29, 0.717) is 28.3 Å². The highest BCUT2D eigenvalue weighted by Crippen LogP contribution is 2.33. The van der Waals surface area contributed by atoms with Crippen LogP contribution in [-0.2, 0) is 0 Å². The molecule has 0 radical (unpaired) electrons. The molecule has 0 saturated carbocycles. The van der Waals surface area contributed by atoms with Crippen LogP contribution < -0.4 is 15.2 Å². The first-order valence-corrected chi connectivity index (χ1v) is 6.68. The minimum absolute atomic E-state index is 0.162. The van der Waals surface area contributed by atoms with Crippen molar-refractivity contribution in [1.29, 1.82) is 0 Å². The van der Waals surface area contributed by atoms with Gasteiger partial charge in [0.05, 0.1) is 14.2 Å². The Labute approximate surface area is 125 Å². The van der Waals surface area contributed by atoms with E-state index in [1.54, 1.807) is 30.3 Å². The smallest absolute Gasteiger partial charge is 0.195 e. The topological polar surface area (TPSA) is 61.5 Å². The number of halogens is 1. The fraction of sp³-hybridized carbons (Fsp3) is 0.133. The first-order chi connectivity index (χ1) is 9.56. The van der Waals surface area contributed by atoms with Crippen molar-refractivity contribution in [2.75, 3.05) is 20.0 Å². The van der Waals surface area contributed by atoms with Gasteiger partial charge in [0.15, 0.2) is 17.3 Å². The van der Waals surface area contributed by atoms with Crippen molar-refractivity contribution in [2.24, 2.45) is 0 Å². The molecule has 0 unspecified atom stereocenters. The van der Waals surface area contributed by atoms with Crippen molar-refractivity contribution < 1.29 is 14.3 Å². The number of nitrogen functional groups attached to an aromatic ring is 1. The molecule has 0 spiro atoms. The Morgan fingerprint density at radius 1 is 1.10 bits per heavy atom. The fourth-order valence-corrected chi connectivity index (χ4v) is 2.28. The fourth-order valence-electron chi connectivity index (χ4n) is 1.88. The van der Waals surface area contributed by atoms with Gasteiger partial charge in [0, 0.05) is 27.4 Å². The van der Waals surface area contributed by atoms with Crippen LogP contribution in [0.5, 0.6) is 11.5 Å². The Bertz CT molecular complexity index is 656. The van der Waals surface area contributed by atoms with Crippen molar-refractivity contribution in [2.45, 2.75) is 0 Å². The molecule has 0 aromatic heterocycles. The third kappa shape index (κ3) is 2.77. The number of nitrogens with two attached hydrogens (primary N) is 1. The van der Waals surface area contributed by atoms with Crippen LogP contribution in [0.15, 0.2) is 40.9 Å². The first kappa shape index (κ1) is 14.4. The molecular weight excluding hydrogens is 322 g/mol. The lowest BCUT2D eigenvalue weighted by Gasteiger charge is -2.12. The van der Waals surface area contributed by atoms with Gasteiger partial charge >= 0.3 is 0 Å². The molecule has 2 aromatic rings. The number of ketones is 1. The van der Waals surface area contributed by atoms with Gasteiger partial charge in [0.2, 0.25) is 0 Å². The van der Waals surface area contributed by atoms with Crippen molar-refractivity contribution >= 4 is 27.4 Å². The van der Waals surface area contributed by atoms with Crippen LogP contribution in [0.25, 0.3) is 0 Å². The number of anilines is 1. The van der Waals surface area contributed by atoms with E-state index < -0.39 is 0 Å². The molecule has 0 aliphatic heterocycles. The van der Waals surface area contributed by atoms with Crippen LogP contribution >= 0.6 is 15.9 Å². The molecule has 5 heteroatoms. The lowest BCUT2D eigenvalue weighted by atomic mass is 10.0. The molecule has 2 aromatic carbocycles. The quantitative estimate of drug-likeness (QED) is 0.688. The maximum Gasteiger partial charge on any atom is 0.195 e. The van der Waals surface area contributed by atoms with Gasteiger partial charge in [-0.2, -0.15) is 0 Å². The second-order valence-corrected chi connectivity index (χ2v) is 5.05. The molecule has 0 saturated heterocycles. The lowest BCUT2D eigenvalue weighted by molar-refractivity contribution is 0.103.